The Morgan fingerprint density at radius 2 is 2.15 bits per heavy atom. The van der Waals surface area contributed by atoms with Crippen LogP contribution in [0.3, 0.4) is 0 Å². The average Bonchev–Trinajstić information content (AvgIpc) is 3.25. The van der Waals surface area contributed by atoms with Gasteiger partial charge in [0.05, 0.1) is 17.4 Å². The van der Waals surface area contributed by atoms with Crippen molar-refractivity contribution in [1.82, 2.24) is 15.3 Å². The van der Waals surface area contributed by atoms with Crippen molar-refractivity contribution in [3.63, 3.8) is 0 Å². The first-order chi connectivity index (χ1) is 12.6. The summed E-state index contributed by atoms with van der Waals surface area (Å²) in [6.45, 7) is 0.318. The number of aliphatic imine (C=N–C) groups is 1. The zero-order valence-corrected chi connectivity index (χ0v) is 14.8. The lowest BCUT2D eigenvalue weighted by molar-refractivity contribution is 0.252. The fourth-order valence-corrected chi connectivity index (χ4v) is 3.42. The Morgan fingerprint density at radius 1 is 1.31 bits per heavy atom. The maximum Gasteiger partial charge on any atom is 0.328 e. The van der Waals surface area contributed by atoms with Crippen molar-refractivity contribution in [2.75, 3.05) is 11.9 Å². The minimum absolute atomic E-state index is 0.241. The molecule has 2 aromatic carbocycles. The second-order valence-electron chi connectivity index (χ2n) is 5.97. The number of amidine groups is 1. The number of nitrogens with two attached hydrogens (primary N) is 1. The number of anilines is 1. The highest BCUT2D eigenvalue weighted by atomic mass is 35.5. The largest absolute Gasteiger partial charge is 0.345 e. The van der Waals surface area contributed by atoms with E-state index in [2.05, 4.69) is 20.3 Å². The van der Waals surface area contributed by atoms with Gasteiger partial charge in [0, 0.05) is 24.3 Å². The van der Waals surface area contributed by atoms with E-state index in [1.54, 1.807) is 24.3 Å². The zero-order chi connectivity index (χ0) is 18.3. The SMILES string of the molecule is CN=C1NC(=O)N(c2ccc3[nH]cnc3c2)C1c1ccc(Cl)c(CN)c1. The summed E-state index contributed by atoms with van der Waals surface area (Å²) < 4.78 is 0. The number of imidazole rings is 1. The highest BCUT2D eigenvalue weighted by Crippen LogP contribution is 2.34. The predicted octanol–water partition coefficient (Wildman–Crippen LogP) is 2.97. The number of urea groups is 1. The fraction of sp³-hybridized carbons (Fsp3) is 0.167. The molecular formula is C18H17ClN6O. The second kappa shape index (κ2) is 6.44. The number of benzene rings is 2. The van der Waals surface area contributed by atoms with Crippen LogP contribution >= 0.6 is 11.6 Å². The van der Waals surface area contributed by atoms with E-state index in [0.717, 1.165) is 27.8 Å². The van der Waals surface area contributed by atoms with Gasteiger partial charge in [0.1, 0.15) is 11.9 Å². The van der Waals surface area contributed by atoms with Crippen LogP contribution in [0.2, 0.25) is 5.02 Å². The van der Waals surface area contributed by atoms with Crippen LogP contribution in [-0.2, 0) is 6.54 Å². The molecule has 1 aromatic heterocycles. The van der Waals surface area contributed by atoms with Gasteiger partial charge in [-0.25, -0.2) is 9.78 Å². The molecule has 1 saturated heterocycles. The highest BCUT2D eigenvalue weighted by molar-refractivity contribution is 6.31. The quantitative estimate of drug-likeness (QED) is 0.662. The molecule has 2 amide bonds. The summed E-state index contributed by atoms with van der Waals surface area (Å²) >= 11 is 6.19. The third-order valence-corrected chi connectivity index (χ3v) is 4.87. The number of hydrogen-bond acceptors (Lipinski definition) is 4. The molecule has 0 spiro atoms. The van der Waals surface area contributed by atoms with E-state index >= 15 is 0 Å². The van der Waals surface area contributed by atoms with Gasteiger partial charge >= 0.3 is 6.03 Å². The smallest absolute Gasteiger partial charge is 0.328 e. The molecule has 1 aliphatic heterocycles. The van der Waals surface area contributed by atoms with Gasteiger partial charge in [0.25, 0.3) is 0 Å². The lowest BCUT2D eigenvalue weighted by Crippen LogP contribution is -2.29. The van der Waals surface area contributed by atoms with Crippen LogP contribution in [0.15, 0.2) is 47.7 Å². The molecule has 1 aliphatic rings. The molecule has 0 aliphatic carbocycles. The number of hydrogen-bond donors (Lipinski definition) is 3. The molecule has 0 radical (unpaired) electrons. The van der Waals surface area contributed by atoms with Gasteiger partial charge in [-0.3, -0.25) is 15.2 Å². The number of carbonyl (C=O) groups excluding carboxylic acids is 1. The summed E-state index contributed by atoms with van der Waals surface area (Å²) in [6, 6.07) is 10.6. The molecule has 26 heavy (non-hydrogen) atoms. The average molecular weight is 369 g/mol. The van der Waals surface area contributed by atoms with Crippen LogP contribution in [0.4, 0.5) is 10.5 Å². The van der Waals surface area contributed by atoms with E-state index < -0.39 is 0 Å². The molecule has 8 heteroatoms. The topological polar surface area (TPSA) is 99.4 Å². The van der Waals surface area contributed by atoms with Gasteiger partial charge in [0.2, 0.25) is 0 Å². The van der Waals surface area contributed by atoms with Gasteiger partial charge in [-0.05, 0) is 35.4 Å². The fourth-order valence-electron chi connectivity index (χ4n) is 3.22. The highest BCUT2D eigenvalue weighted by Gasteiger charge is 2.38. The molecule has 1 unspecified atom stereocenters. The third-order valence-electron chi connectivity index (χ3n) is 4.50. The monoisotopic (exact) mass is 368 g/mol. The number of rotatable bonds is 3. The summed E-state index contributed by atoms with van der Waals surface area (Å²) in [5, 5.41) is 3.44. The van der Waals surface area contributed by atoms with Crippen molar-refractivity contribution in [2.45, 2.75) is 12.6 Å². The standard InChI is InChI=1S/C18H17ClN6O/c1-21-17-16(10-2-4-13(19)11(6-10)8-20)25(18(26)24-17)12-3-5-14-15(7-12)23-9-22-14/h2-7,9,16H,8,20H2,1H3,(H,22,23)(H,21,24,26). The lowest BCUT2D eigenvalue weighted by atomic mass is 10.0. The van der Waals surface area contributed by atoms with E-state index in [4.69, 9.17) is 17.3 Å². The number of H-pyrrole nitrogens is 1. The predicted molar refractivity (Wildman–Crippen MR) is 103 cm³/mol. The number of aromatic amines is 1. The Balaban J connectivity index is 1.84. The van der Waals surface area contributed by atoms with E-state index in [9.17, 15) is 4.79 Å². The van der Waals surface area contributed by atoms with Crippen molar-refractivity contribution in [3.05, 3.63) is 58.9 Å². The van der Waals surface area contributed by atoms with Crippen molar-refractivity contribution >= 4 is 40.2 Å². The van der Waals surface area contributed by atoms with Crippen LogP contribution in [0, 0.1) is 0 Å². The molecule has 3 aromatic rings. The van der Waals surface area contributed by atoms with E-state index in [0.29, 0.717) is 17.4 Å². The summed E-state index contributed by atoms with van der Waals surface area (Å²) in [7, 11) is 1.66. The molecule has 4 N–H and O–H groups in total. The van der Waals surface area contributed by atoms with Crippen molar-refractivity contribution in [2.24, 2.45) is 10.7 Å². The molecule has 0 saturated carbocycles. The van der Waals surface area contributed by atoms with Crippen LogP contribution in [-0.4, -0.2) is 28.9 Å². The van der Waals surface area contributed by atoms with Crippen molar-refractivity contribution in [1.29, 1.82) is 0 Å². The van der Waals surface area contributed by atoms with Gasteiger partial charge in [-0.15, -0.1) is 0 Å². The Morgan fingerprint density at radius 3 is 2.92 bits per heavy atom. The summed E-state index contributed by atoms with van der Waals surface area (Å²) in [6.07, 6.45) is 1.63. The number of nitrogens with one attached hydrogen (secondary N) is 2. The lowest BCUT2D eigenvalue weighted by Gasteiger charge is -2.24. The number of nitrogens with zero attached hydrogens (tertiary/aromatic N) is 3. The molecule has 1 fully saturated rings. The normalized spacial score (nSPS) is 18.7. The molecule has 132 valence electrons. The summed E-state index contributed by atoms with van der Waals surface area (Å²) in [5.41, 5.74) is 9.92. The van der Waals surface area contributed by atoms with Crippen molar-refractivity contribution < 1.29 is 4.79 Å². The van der Waals surface area contributed by atoms with E-state index in [1.807, 2.05) is 30.3 Å². The number of carbonyl (C=O) groups is 1. The van der Waals surface area contributed by atoms with E-state index in [1.165, 1.54) is 0 Å². The van der Waals surface area contributed by atoms with Crippen LogP contribution in [0.5, 0.6) is 0 Å². The minimum Gasteiger partial charge on any atom is -0.345 e. The molecule has 1 atom stereocenters. The molecule has 2 heterocycles. The maximum absolute atomic E-state index is 12.7. The van der Waals surface area contributed by atoms with Crippen LogP contribution in [0.25, 0.3) is 11.0 Å². The van der Waals surface area contributed by atoms with Crippen LogP contribution < -0.4 is 16.0 Å². The number of fused-ring (bicyclic) bond motifs is 1. The summed E-state index contributed by atoms with van der Waals surface area (Å²) in [4.78, 5) is 25.9. The van der Waals surface area contributed by atoms with Crippen LogP contribution in [0.1, 0.15) is 17.2 Å². The van der Waals surface area contributed by atoms with Gasteiger partial charge < -0.3 is 10.7 Å². The molecular weight excluding hydrogens is 352 g/mol. The molecule has 7 nitrogen and oxygen atoms in total. The molecule has 0 bridgehead atoms. The third kappa shape index (κ3) is 2.61. The van der Waals surface area contributed by atoms with E-state index in [-0.39, 0.29) is 12.1 Å². The Kier molecular flexibility index (Phi) is 4.10. The second-order valence-corrected chi connectivity index (χ2v) is 6.38. The number of halogens is 1. The Bertz CT molecular complexity index is 1030. The summed E-state index contributed by atoms with van der Waals surface area (Å²) in [5.74, 6) is 0.572. The number of aromatic nitrogens is 2. The first-order valence-electron chi connectivity index (χ1n) is 8.11. The maximum atomic E-state index is 12.7. The zero-order valence-electron chi connectivity index (χ0n) is 14.0. The number of amides is 2. The minimum atomic E-state index is -0.383. The first-order valence-corrected chi connectivity index (χ1v) is 8.48. The molecule has 4 rings (SSSR count). The Hall–Kier alpha value is -2.90. The first kappa shape index (κ1) is 16.6. The van der Waals surface area contributed by atoms with Crippen molar-refractivity contribution in [3.8, 4) is 0 Å². The van der Waals surface area contributed by atoms with Gasteiger partial charge in [-0.2, -0.15) is 0 Å². The Labute approximate surface area is 154 Å². The van der Waals surface area contributed by atoms with Gasteiger partial charge in [-0.1, -0.05) is 23.7 Å². The van der Waals surface area contributed by atoms with Gasteiger partial charge in [0.15, 0.2) is 0 Å².